The maximum atomic E-state index is 12.7. The SMILES string of the molecule is C[C@H]1C(=O)N2C[C@@H](N(C)C)C[C@H]2CN1Cc1ccc(C#N)cc1. The normalized spacial score (nSPS) is 28.0. The third-order valence-electron chi connectivity index (χ3n) is 5.22. The lowest BCUT2D eigenvalue weighted by Crippen LogP contribution is -2.58. The van der Waals surface area contributed by atoms with Gasteiger partial charge in [-0.25, -0.2) is 0 Å². The zero-order chi connectivity index (χ0) is 16.6. The fourth-order valence-electron chi connectivity index (χ4n) is 3.65. The van der Waals surface area contributed by atoms with Gasteiger partial charge < -0.3 is 9.80 Å². The van der Waals surface area contributed by atoms with Crippen LogP contribution in [0, 0.1) is 11.3 Å². The van der Waals surface area contributed by atoms with Crippen LogP contribution in [0.1, 0.15) is 24.5 Å². The highest BCUT2D eigenvalue weighted by Gasteiger charge is 2.43. The fourth-order valence-corrected chi connectivity index (χ4v) is 3.65. The summed E-state index contributed by atoms with van der Waals surface area (Å²) in [6, 6.07) is 10.5. The number of rotatable bonds is 3. The molecule has 1 aromatic rings. The van der Waals surface area contributed by atoms with E-state index in [9.17, 15) is 4.79 Å². The highest BCUT2D eigenvalue weighted by atomic mass is 16.2. The first-order chi connectivity index (χ1) is 11.0. The van der Waals surface area contributed by atoms with E-state index < -0.39 is 0 Å². The molecule has 2 fully saturated rings. The van der Waals surface area contributed by atoms with E-state index in [1.54, 1.807) is 0 Å². The van der Waals surface area contributed by atoms with Crippen molar-refractivity contribution in [2.24, 2.45) is 0 Å². The largest absolute Gasteiger partial charge is 0.335 e. The summed E-state index contributed by atoms with van der Waals surface area (Å²) < 4.78 is 0. The molecule has 2 saturated heterocycles. The van der Waals surface area contributed by atoms with Gasteiger partial charge in [-0.3, -0.25) is 9.69 Å². The van der Waals surface area contributed by atoms with Gasteiger partial charge >= 0.3 is 0 Å². The van der Waals surface area contributed by atoms with E-state index in [1.807, 2.05) is 31.2 Å². The van der Waals surface area contributed by atoms with Crippen LogP contribution in [0.3, 0.4) is 0 Å². The van der Waals surface area contributed by atoms with Gasteiger partial charge in [0.2, 0.25) is 5.91 Å². The van der Waals surface area contributed by atoms with Crippen LogP contribution >= 0.6 is 0 Å². The predicted molar refractivity (Wildman–Crippen MR) is 88.6 cm³/mol. The molecule has 0 unspecified atom stereocenters. The van der Waals surface area contributed by atoms with Crippen molar-refractivity contribution < 1.29 is 4.79 Å². The second-order valence-electron chi connectivity index (χ2n) is 6.91. The molecule has 0 aliphatic carbocycles. The van der Waals surface area contributed by atoms with Crippen LogP contribution in [0.5, 0.6) is 0 Å². The molecular weight excluding hydrogens is 288 g/mol. The molecule has 0 N–H and O–H groups in total. The van der Waals surface area contributed by atoms with Crippen molar-refractivity contribution in [2.75, 3.05) is 27.2 Å². The molecule has 2 aliphatic rings. The second kappa shape index (κ2) is 6.31. The summed E-state index contributed by atoms with van der Waals surface area (Å²) in [6.07, 6.45) is 1.05. The second-order valence-corrected chi connectivity index (χ2v) is 6.91. The van der Waals surface area contributed by atoms with Crippen molar-refractivity contribution in [1.29, 1.82) is 5.26 Å². The van der Waals surface area contributed by atoms with E-state index in [-0.39, 0.29) is 11.9 Å². The molecule has 2 aliphatic heterocycles. The van der Waals surface area contributed by atoms with Crippen LogP contribution in [0.15, 0.2) is 24.3 Å². The first-order valence-electron chi connectivity index (χ1n) is 8.19. The van der Waals surface area contributed by atoms with Crippen molar-refractivity contribution in [3.63, 3.8) is 0 Å². The summed E-state index contributed by atoms with van der Waals surface area (Å²) in [6.45, 7) is 4.55. The number of nitriles is 1. The van der Waals surface area contributed by atoms with E-state index in [2.05, 4.69) is 34.9 Å². The molecule has 5 nitrogen and oxygen atoms in total. The maximum absolute atomic E-state index is 12.7. The Morgan fingerprint density at radius 2 is 1.96 bits per heavy atom. The third kappa shape index (κ3) is 3.10. The first kappa shape index (κ1) is 16.0. The lowest BCUT2D eigenvalue weighted by molar-refractivity contribution is -0.143. The number of hydrogen-bond donors (Lipinski definition) is 0. The number of hydrogen-bond acceptors (Lipinski definition) is 4. The molecule has 122 valence electrons. The maximum Gasteiger partial charge on any atom is 0.240 e. The van der Waals surface area contributed by atoms with Gasteiger partial charge in [0, 0.05) is 31.7 Å². The number of piperazine rings is 1. The smallest absolute Gasteiger partial charge is 0.240 e. The van der Waals surface area contributed by atoms with Gasteiger partial charge in [0.1, 0.15) is 0 Å². The molecule has 3 atom stereocenters. The highest BCUT2D eigenvalue weighted by Crippen LogP contribution is 2.28. The van der Waals surface area contributed by atoms with Crippen LogP contribution in [-0.4, -0.2) is 65.9 Å². The van der Waals surface area contributed by atoms with E-state index in [1.165, 1.54) is 0 Å². The van der Waals surface area contributed by atoms with Gasteiger partial charge in [0.15, 0.2) is 0 Å². The minimum atomic E-state index is -0.0807. The number of fused-ring (bicyclic) bond motifs is 1. The fraction of sp³-hybridized carbons (Fsp3) is 0.556. The number of benzene rings is 1. The number of likely N-dealkylation sites (N-methyl/N-ethyl adjacent to an activating group) is 1. The lowest BCUT2D eigenvalue weighted by Gasteiger charge is -2.41. The Labute approximate surface area is 138 Å². The Kier molecular flexibility index (Phi) is 4.38. The summed E-state index contributed by atoms with van der Waals surface area (Å²) in [4.78, 5) is 19.3. The highest BCUT2D eigenvalue weighted by molar-refractivity contribution is 5.83. The Morgan fingerprint density at radius 1 is 1.26 bits per heavy atom. The molecule has 0 spiro atoms. The Balaban J connectivity index is 1.71. The average molecular weight is 312 g/mol. The van der Waals surface area contributed by atoms with E-state index in [4.69, 9.17) is 5.26 Å². The standard InChI is InChI=1S/C18H24N4O/c1-13-18(23)22-12-16(20(2)3)8-17(22)11-21(13)10-15-6-4-14(9-19)5-7-15/h4-7,13,16-17H,8,10-12H2,1-3H3/t13-,16-,17-/m0/s1. The Hall–Kier alpha value is -1.90. The Morgan fingerprint density at radius 3 is 2.57 bits per heavy atom. The number of carbonyl (C=O) groups excluding carboxylic acids is 1. The van der Waals surface area contributed by atoms with Crippen molar-refractivity contribution >= 4 is 5.91 Å². The minimum Gasteiger partial charge on any atom is -0.335 e. The average Bonchev–Trinajstić information content (AvgIpc) is 2.97. The van der Waals surface area contributed by atoms with E-state index >= 15 is 0 Å². The molecule has 2 heterocycles. The summed E-state index contributed by atoms with van der Waals surface area (Å²) in [5.74, 6) is 0.249. The van der Waals surface area contributed by atoms with Crippen molar-refractivity contribution in [3.8, 4) is 6.07 Å². The molecule has 23 heavy (non-hydrogen) atoms. The summed E-state index contributed by atoms with van der Waals surface area (Å²) in [7, 11) is 4.18. The lowest BCUT2D eigenvalue weighted by atomic mass is 10.0. The Bertz CT molecular complexity index is 619. The topological polar surface area (TPSA) is 50.6 Å². The summed E-state index contributed by atoms with van der Waals surface area (Å²) in [5, 5.41) is 8.88. The molecule has 1 aromatic carbocycles. The van der Waals surface area contributed by atoms with Gasteiger partial charge in [0.05, 0.1) is 17.7 Å². The quantitative estimate of drug-likeness (QED) is 0.844. The zero-order valence-corrected chi connectivity index (χ0v) is 14.1. The molecule has 0 saturated carbocycles. The predicted octanol–water partition coefficient (Wildman–Crippen LogP) is 1.29. The molecule has 5 heteroatoms. The van der Waals surface area contributed by atoms with Gasteiger partial charge in [-0.15, -0.1) is 0 Å². The van der Waals surface area contributed by atoms with Crippen LogP contribution < -0.4 is 0 Å². The van der Waals surface area contributed by atoms with E-state index in [0.29, 0.717) is 17.6 Å². The van der Waals surface area contributed by atoms with Crippen LogP contribution in [0.25, 0.3) is 0 Å². The van der Waals surface area contributed by atoms with Crippen molar-refractivity contribution in [3.05, 3.63) is 35.4 Å². The first-order valence-corrected chi connectivity index (χ1v) is 8.19. The molecule has 0 aromatic heterocycles. The molecule has 0 radical (unpaired) electrons. The van der Waals surface area contributed by atoms with Gasteiger partial charge in [-0.2, -0.15) is 5.26 Å². The van der Waals surface area contributed by atoms with Crippen LogP contribution in [0.4, 0.5) is 0 Å². The molecular formula is C18H24N4O. The van der Waals surface area contributed by atoms with Crippen LogP contribution in [0.2, 0.25) is 0 Å². The summed E-state index contributed by atoms with van der Waals surface area (Å²) in [5.41, 5.74) is 1.83. The van der Waals surface area contributed by atoms with Crippen molar-refractivity contribution in [1.82, 2.24) is 14.7 Å². The summed E-state index contributed by atoms with van der Waals surface area (Å²) >= 11 is 0. The number of nitrogens with zero attached hydrogens (tertiary/aromatic N) is 4. The third-order valence-corrected chi connectivity index (χ3v) is 5.22. The van der Waals surface area contributed by atoms with Crippen LogP contribution in [-0.2, 0) is 11.3 Å². The number of amides is 1. The van der Waals surface area contributed by atoms with Gasteiger partial charge in [0.25, 0.3) is 0 Å². The van der Waals surface area contributed by atoms with Gasteiger partial charge in [-0.1, -0.05) is 12.1 Å². The molecule has 3 rings (SSSR count). The molecule has 1 amide bonds. The number of carbonyl (C=O) groups is 1. The molecule has 0 bridgehead atoms. The van der Waals surface area contributed by atoms with E-state index in [0.717, 1.165) is 31.6 Å². The zero-order valence-electron chi connectivity index (χ0n) is 14.1. The van der Waals surface area contributed by atoms with Crippen molar-refractivity contribution in [2.45, 2.75) is 38.0 Å². The minimum absolute atomic E-state index is 0.0807. The van der Waals surface area contributed by atoms with Gasteiger partial charge in [-0.05, 0) is 45.1 Å². The monoisotopic (exact) mass is 312 g/mol.